The second-order valence-electron chi connectivity index (χ2n) is 17.4. The van der Waals surface area contributed by atoms with Crippen molar-refractivity contribution in [3.63, 3.8) is 0 Å². The fraction of sp³-hybridized carbons (Fsp3) is 0.442. The fourth-order valence-corrected chi connectivity index (χ4v) is 6.97. The van der Waals surface area contributed by atoms with Crippen LogP contribution in [0, 0.1) is 10.8 Å². The molecule has 10 nitrogen and oxygen atoms in total. The third-order valence-electron chi connectivity index (χ3n) is 10.8. The number of carbonyl (C=O) groups is 2. The molecular formula is C52H74N2O8Zn. The molecule has 0 saturated heterocycles. The molecule has 4 atom stereocenters. The number of aliphatic hydroxyl groups excluding tert-OH is 5. The van der Waals surface area contributed by atoms with E-state index in [0.29, 0.717) is 16.4 Å². The van der Waals surface area contributed by atoms with Gasteiger partial charge in [-0.1, -0.05) is 146 Å². The van der Waals surface area contributed by atoms with Gasteiger partial charge in [0.15, 0.2) is 6.10 Å². The van der Waals surface area contributed by atoms with Gasteiger partial charge in [0, 0.05) is 31.9 Å². The second kappa shape index (κ2) is 29.9. The van der Waals surface area contributed by atoms with E-state index in [2.05, 4.69) is 159 Å². The average molecular weight is 921 g/mol. The van der Waals surface area contributed by atoms with Crippen LogP contribution in [-0.4, -0.2) is 78.5 Å². The van der Waals surface area contributed by atoms with Crippen molar-refractivity contribution in [1.82, 2.24) is 4.98 Å². The van der Waals surface area contributed by atoms with Crippen LogP contribution in [0.3, 0.4) is 0 Å². The van der Waals surface area contributed by atoms with Crippen LogP contribution in [-0.2, 0) is 24.3 Å². The fourth-order valence-electron chi connectivity index (χ4n) is 6.97. The van der Waals surface area contributed by atoms with Gasteiger partial charge >= 0.3 is 5.97 Å². The maximum absolute atomic E-state index is 10.4. The van der Waals surface area contributed by atoms with Crippen molar-refractivity contribution in [3.8, 4) is 0 Å². The Labute approximate surface area is 390 Å². The molecule has 1 heterocycles. The summed E-state index contributed by atoms with van der Waals surface area (Å²) in [7, 11) is 0. The minimum absolute atomic E-state index is 0. The molecule has 3 rings (SSSR count). The molecule has 0 spiro atoms. The van der Waals surface area contributed by atoms with Gasteiger partial charge in [-0.15, -0.1) is 0 Å². The molecule has 0 radical (unpaired) electrons. The van der Waals surface area contributed by atoms with Crippen molar-refractivity contribution < 1.29 is 59.7 Å². The first kappa shape index (κ1) is 58.7. The Balaban J connectivity index is 0.00000136. The van der Waals surface area contributed by atoms with Crippen LogP contribution in [0.4, 0.5) is 0 Å². The number of amides is 1. The van der Waals surface area contributed by atoms with Crippen molar-refractivity contribution >= 4 is 11.9 Å². The van der Waals surface area contributed by atoms with E-state index in [1.54, 1.807) is 29.5 Å². The minimum atomic E-state index is -2.20. The Morgan fingerprint density at radius 1 is 0.714 bits per heavy atom. The van der Waals surface area contributed by atoms with Gasteiger partial charge in [0.2, 0.25) is 5.91 Å². The van der Waals surface area contributed by atoms with Crippen LogP contribution in [0.1, 0.15) is 118 Å². The molecule has 0 unspecified atom stereocenters. The van der Waals surface area contributed by atoms with E-state index in [9.17, 15) is 9.59 Å². The Morgan fingerprint density at radius 2 is 1.13 bits per heavy atom. The molecule has 342 valence electrons. The zero-order valence-electron chi connectivity index (χ0n) is 39.4. The Bertz CT molecular complexity index is 1860. The maximum Gasteiger partial charge on any atom is 0.335 e. The summed E-state index contributed by atoms with van der Waals surface area (Å²) in [5, 5.41) is 51.8. The first-order valence-corrected chi connectivity index (χ1v) is 21.3. The van der Waals surface area contributed by atoms with Crippen LogP contribution in [0.5, 0.6) is 0 Å². The molecule has 1 aromatic heterocycles. The van der Waals surface area contributed by atoms with Crippen LogP contribution in [0.2, 0.25) is 0 Å². The van der Waals surface area contributed by atoms with E-state index < -0.39 is 42.9 Å². The molecule has 0 saturated carbocycles. The molecule has 8 N–H and O–H groups in total. The van der Waals surface area contributed by atoms with Crippen LogP contribution in [0.25, 0.3) is 0 Å². The number of aliphatic hydroxyl groups is 5. The number of carbonyl (C=O) groups excluding carboxylic acids is 1. The summed E-state index contributed by atoms with van der Waals surface area (Å²) in [5.41, 5.74) is 17.1. The molecule has 1 aromatic rings. The minimum Gasteiger partial charge on any atom is -0.479 e. The number of primary amides is 1. The average Bonchev–Trinajstić information content (AvgIpc) is 3.21. The second-order valence-corrected chi connectivity index (χ2v) is 17.4. The number of aromatic nitrogens is 1. The molecule has 2 aliphatic carbocycles. The number of aliphatic carboxylic acids is 1. The topological polar surface area (TPSA) is 194 Å². The Hall–Kier alpha value is -4.35. The third-order valence-corrected chi connectivity index (χ3v) is 10.8. The summed E-state index contributed by atoms with van der Waals surface area (Å²) < 4.78 is 0. The summed E-state index contributed by atoms with van der Waals surface area (Å²) >= 11 is 0. The number of carboxylic acid groups (broad SMARTS) is 1. The Morgan fingerprint density at radius 3 is 1.46 bits per heavy atom. The summed E-state index contributed by atoms with van der Waals surface area (Å²) in [5.74, 6) is -2.17. The summed E-state index contributed by atoms with van der Waals surface area (Å²) in [6.45, 7) is 21.9. The number of allylic oxidation sites excluding steroid dienone is 22. The molecule has 63 heavy (non-hydrogen) atoms. The smallest absolute Gasteiger partial charge is 0.335 e. The largest absolute Gasteiger partial charge is 0.479 e. The number of nitrogens with zero attached hydrogens (tertiary/aromatic N) is 1. The predicted molar refractivity (Wildman–Crippen MR) is 253 cm³/mol. The first-order chi connectivity index (χ1) is 29.0. The van der Waals surface area contributed by atoms with E-state index in [4.69, 9.17) is 36.4 Å². The monoisotopic (exact) mass is 918 g/mol. The van der Waals surface area contributed by atoms with Gasteiger partial charge in [0.25, 0.3) is 0 Å². The van der Waals surface area contributed by atoms with E-state index in [-0.39, 0.29) is 19.5 Å². The number of carboxylic acids is 1. The molecule has 0 aliphatic heterocycles. The van der Waals surface area contributed by atoms with Gasteiger partial charge < -0.3 is 36.4 Å². The van der Waals surface area contributed by atoms with Crippen molar-refractivity contribution in [2.24, 2.45) is 16.6 Å². The molecule has 11 heteroatoms. The van der Waals surface area contributed by atoms with E-state index in [1.807, 2.05) is 0 Å². The van der Waals surface area contributed by atoms with E-state index in [0.717, 1.165) is 0 Å². The predicted octanol–water partition coefficient (Wildman–Crippen LogP) is 9.29. The van der Waals surface area contributed by atoms with Crippen molar-refractivity contribution in [2.75, 3.05) is 6.61 Å². The van der Waals surface area contributed by atoms with Crippen LogP contribution < -0.4 is 5.73 Å². The number of hydrogen-bond acceptors (Lipinski definition) is 8. The van der Waals surface area contributed by atoms with Gasteiger partial charge in [0.05, 0.1) is 12.2 Å². The van der Waals surface area contributed by atoms with Crippen molar-refractivity contribution in [3.05, 3.63) is 160 Å². The standard InChI is InChI=1S/C40H56.C6H6N2O.C6H12O7.Zn/c1-31(19-13-21-33(3)25-27-37-35(5)23-15-29-39(37,7)8)17-11-12-18-32(2)20-14-22-34(4)26-28-38-36(6)24-16-30-40(38,9)10;7-6(9)5-2-1-3-8-4-5;7-1-2(8)3(9)4(10)5(11)6(12)13;/h11-14,17-22,25-28H,15-16,23-24,29-30H2,1-10H3;1-4H,(H2,7,9);2-5,7-11H,1H2,(H,12,13);/b12-11+,19-13+,20-14+,27-25+,28-26+,31-17+,32-18+,33-21+,34-22+;;;/t;;2-,3-,4+,5-;/m..1./s1. The SMILES string of the molecule is CC1=C(/C=C/C(C)=C/C=C/C(C)=C/C=C/C=C(C)/C=C/C=C(C)/C=C/C2=C(C)CCCC2(C)C)C(C)(C)CCC1.NC(=O)c1cccnc1.O=C(O)[C@H](O)[C@@H](O)[C@H](O)[C@H](O)CO.[Zn]. The zero-order valence-corrected chi connectivity index (χ0v) is 42.4. The van der Waals surface area contributed by atoms with Crippen LogP contribution in [0.15, 0.2) is 154 Å². The summed E-state index contributed by atoms with van der Waals surface area (Å²) in [6, 6.07) is 3.29. The third kappa shape index (κ3) is 22.7. The first-order valence-electron chi connectivity index (χ1n) is 21.3. The van der Waals surface area contributed by atoms with Crippen LogP contribution >= 0.6 is 0 Å². The number of hydrogen-bond donors (Lipinski definition) is 7. The van der Waals surface area contributed by atoms with Crippen molar-refractivity contribution in [2.45, 2.75) is 132 Å². The molecule has 0 aromatic carbocycles. The van der Waals surface area contributed by atoms with E-state index in [1.165, 1.54) is 78.2 Å². The molecule has 0 bridgehead atoms. The van der Waals surface area contributed by atoms with Gasteiger partial charge in [-0.25, -0.2) is 4.79 Å². The molecule has 0 fully saturated rings. The zero-order chi connectivity index (χ0) is 47.0. The Kier molecular flexibility index (Phi) is 27.8. The number of rotatable bonds is 16. The van der Waals surface area contributed by atoms with Crippen molar-refractivity contribution in [1.29, 1.82) is 0 Å². The molecule has 2 aliphatic rings. The van der Waals surface area contributed by atoms with Gasteiger partial charge in [0.1, 0.15) is 18.3 Å². The number of nitrogens with two attached hydrogens (primary N) is 1. The quantitative estimate of drug-likeness (QED) is 0.0625. The summed E-state index contributed by atoms with van der Waals surface area (Å²) in [6.07, 6.45) is 33.6. The van der Waals surface area contributed by atoms with E-state index >= 15 is 0 Å². The van der Waals surface area contributed by atoms with Gasteiger partial charge in [-0.2, -0.15) is 0 Å². The summed E-state index contributed by atoms with van der Waals surface area (Å²) in [4.78, 5) is 24.2. The normalized spacial score (nSPS) is 19.4. The van der Waals surface area contributed by atoms with Gasteiger partial charge in [-0.05, 0) is 114 Å². The van der Waals surface area contributed by atoms with Gasteiger partial charge in [-0.3, -0.25) is 9.78 Å². The maximum atomic E-state index is 10.4. The number of pyridine rings is 1. The molecular weight excluding hydrogens is 846 g/mol. The molecule has 1 amide bonds.